The highest BCUT2D eigenvalue weighted by atomic mass is 35.5. The molecule has 0 saturated carbocycles. The summed E-state index contributed by atoms with van der Waals surface area (Å²) in [4.78, 5) is 25.1. The number of nitrogens with one attached hydrogen (secondary N) is 1. The van der Waals surface area contributed by atoms with Crippen LogP contribution in [-0.4, -0.2) is 48.3 Å². The van der Waals surface area contributed by atoms with Gasteiger partial charge in [0, 0.05) is 18.7 Å². The maximum absolute atomic E-state index is 12.0. The van der Waals surface area contributed by atoms with Gasteiger partial charge in [-0.15, -0.1) is 0 Å². The number of hydrogen-bond donors (Lipinski definition) is 2. The van der Waals surface area contributed by atoms with Gasteiger partial charge in [-0.25, -0.2) is 4.79 Å². The van der Waals surface area contributed by atoms with Gasteiger partial charge in [0.2, 0.25) is 0 Å². The summed E-state index contributed by atoms with van der Waals surface area (Å²) >= 11 is 6.24. The standard InChI is InChI=1S/C17H23ClN2O4/c1-17(2,3)24-16(23)19-13-9-20(8-7-14(13)22)15-11(10-21)5-4-6-12(15)18/h4-6,10,13-14,22H,7-9H2,1-3H3,(H,19,23)/t13-,14-/m1/s1. The van der Waals surface area contributed by atoms with E-state index < -0.39 is 23.8 Å². The Balaban J connectivity index is 2.14. The first kappa shape index (κ1) is 18.5. The second-order valence-corrected chi connectivity index (χ2v) is 7.26. The Hall–Kier alpha value is -1.79. The van der Waals surface area contributed by atoms with E-state index >= 15 is 0 Å². The largest absolute Gasteiger partial charge is 0.444 e. The normalized spacial score (nSPS) is 21.3. The molecule has 1 saturated heterocycles. The van der Waals surface area contributed by atoms with Gasteiger partial charge < -0.3 is 20.1 Å². The van der Waals surface area contributed by atoms with Crippen molar-refractivity contribution in [3.8, 4) is 0 Å². The molecule has 1 amide bonds. The fourth-order valence-electron chi connectivity index (χ4n) is 2.70. The lowest BCUT2D eigenvalue weighted by Gasteiger charge is -2.38. The number of amides is 1. The Morgan fingerprint density at radius 1 is 1.46 bits per heavy atom. The monoisotopic (exact) mass is 354 g/mol. The Labute approximate surface area is 146 Å². The van der Waals surface area contributed by atoms with Gasteiger partial charge >= 0.3 is 6.09 Å². The van der Waals surface area contributed by atoms with Gasteiger partial charge in [-0.05, 0) is 39.3 Å². The van der Waals surface area contributed by atoms with Gasteiger partial charge in [-0.2, -0.15) is 0 Å². The van der Waals surface area contributed by atoms with Crippen LogP contribution in [0.1, 0.15) is 37.6 Å². The summed E-state index contributed by atoms with van der Waals surface area (Å²) < 4.78 is 5.24. The molecule has 2 atom stereocenters. The van der Waals surface area contributed by atoms with E-state index in [1.165, 1.54) is 0 Å². The number of carbonyl (C=O) groups is 2. The highest BCUT2D eigenvalue weighted by Gasteiger charge is 2.32. The van der Waals surface area contributed by atoms with Gasteiger partial charge in [0.1, 0.15) is 5.60 Å². The molecule has 24 heavy (non-hydrogen) atoms. The van der Waals surface area contributed by atoms with Crippen LogP contribution in [0.2, 0.25) is 5.02 Å². The minimum atomic E-state index is -0.684. The first-order chi connectivity index (χ1) is 11.2. The van der Waals surface area contributed by atoms with E-state index in [4.69, 9.17) is 16.3 Å². The number of ether oxygens (including phenoxy) is 1. The number of nitrogens with zero attached hydrogens (tertiary/aromatic N) is 1. The molecule has 1 aromatic rings. The Bertz CT molecular complexity index is 615. The number of aliphatic hydroxyl groups is 1. The summed E-state index contributed by atoms with van der Waals surface area (Å²) in [6.07, 6.45) is -0.0638. The molecule has 1 fully saturated rings. The van der Waals surface area contributed by atoms with Crippen LogP contribution in [0.25, 0.3) is 0 Å². The van der Waals surface area contributed by atoms with Gasteiger partial charge in [-0.1, -0.05) is 17.7 Å². The van der Waals surface area contributed by atoms with Crippen LogP contribution < -0.4 is 10.2 Å². The maximum atomic E-state index is 12.0. The summed E-state index contributed by atoms with van der Waals surface area (Å²) in [6.45, 7) is 6.20. The minimum Gasteiger partial charge on any atom is -0.444 e. The van der Waals surface area contributed by atoms with Gasteiger partial charge in [0.05, 0.1) is 22.9 Å². The van der Waals surface area contributed by atoms with Crippen LogP contribution >= 0.6 is 11.6 Å². The van der Waals surface area contributed by atoms with Crippen LogP contribution in [-0.2, 0) is 4.74 Å². The molecule has 1 aliphatic rings. The van der Waals surface area contributed by atoms with E-state index in [0.29, 0.717) is 35.8 Å². The molecule has 1 aliphatic heterocycles. The average Bonchev–Trinajstić information content (AvgIpc) is 2.47. The molecule has 1 aromatic carbocycles. The second kappa shape index (κ2) is 7.40. The predicted octanol–water partition coefficient (Wildman–Crippen LogP) is 2.62. The summed E-state index contributed by atoms with van der Waals surface area (Å²) in [6, 6.07) is 4.61. The molecule has 0 unspecified atom stereocenters. The zero-order valence-electron chi connectivity index (χ0n) is 14.1. The van der Waals surface area contributed by atoms with E-state index in [0.717, 1.165) is 6.29 Å². The van der Waals surface area contributed by atoms with Crippen LogP contribution in [0.15, 0.2) is 18.2 Å². The van der Waals surface area contributed by atoms with E-state index in [-0.39, 0.29) is 0 Å². The molecular weight excluding hydrogens is 332 g/mol. The molecule has 0 aromatic heterocycles. The number of piperidine rings is 1. The van der Waals surface area contributed by atoms with Crippen molar-refractivity contribution in [1.82, 2.24) is 5.32 Å². The van der Waals surface area contributed by atoms with Crippen molar-refractivity contribution in [3.05, 3.63) is 28.8 Å². The number of carbonyl (C=O) groups excluding carboxylic acids is 2. The molecule has 0 aliphatic carbocycles. The molecular formula is C17H23ClN2O4. The number of benzene rings is 1. The number of para-hydroxylation sites is 1. The van der Waals surface area contributed by atoms with Gasteiger partial charge in [0.15, 0.2) is 6.29 Å². The van der Waals surface area contributed by atoms with Crippen molar-refractivity contribution in [2.75, 3.05) is 18.0 Å². The maximum Gasteiger partial charge on any atom is 0.408 e. The minimum absolute atomic E-state index is 0.338. The lowest BCUT2D eigenvalue weighted by molar-refractivity contribution is 0.0399. The van der Waals surface area contributed by atoms with Crippen molar-refractivity contribution in [3.63, 3.8) is 0 Å². The highest BCUT2D eigenvalue weighted by Crippen LogP contribution is 2.31. The number of hydrogen-bond acceptors (Lipinski definition) is 5. The quantitative estimate of drug-likeness (QED) is 0.816. The molecule has 0 spiro atoms. The van der Waals surface area contributed by atoms with E-state index in [2.05, 4.69) is 5.32 Å². The number of aldehydes is 1. The molecule has 6 nitrogen and oxygen atoms in total. The van der Waals surface area contributed by atoms with Gasteiger partial charge in [-0.3, -0.25) is 4.79 Å². The first-order valence-corrected chi connectivity index (χ1v) is 8.25. The SMILES string of the molecule is CC(C)(C)OC(=O)N[C@@H]1CN(c2c(Cl)cccc2C=O)CC[C@H]1O. The fourth-order valence-corrected chi connectivity index (χ4v) is 3.01. The van der Waals surface area contributed by atoms with E-state index in [1.807, 2.05) is 4.90 Å². The van der Waals surface area contributed by atoms with Gasteiger partial charge in [0.25, 0.3) is 0 Å². The zero-order valence-corrected chi connectivity index (χ0v) is 14.8. The molecule has 2 N–H and O–H groups in total. The smallest absolute Gasteiger partial charge is 0.408 e. The third-order valence-corrected chi connectivity index (χ3v) is 4.04. The molecule has 132 valence electrons. The third-order valence-electron chi connectivity index (χ3n) is 3.74. The van der Waals surface area contributed by atoms with Crippen LogP contribution in [0, 0.1) is 0 Å². The van der Waals surface area contributed by atoms with Crippen molar-refractivity contribution in [1.29, 1.82) is 0 Å². The number of aliphatic hydroxyl groups excluding tert-OH is 1. The molecule has 2 rings (SSSR count). The predicted molar refractivity (Wildman–Crippen MR) is 92.8 cm³/mol. The lowest BCUT2D eigenvalue weighted by atomic mass is 10.0. The zero-order chi connectivity index (χ0) is 17.9. The summed E-state index contributed by atoms with van der Waals surface area (Å²) in [5.74, 6) is 0. The van der Waals surface area contributed by atoms with Crippen LogP contribution in [0.3, 0.4) is 0 Å². The molecule has 7 heteroatoms. The summed E-state index contributed by atoms with van der Waals surface area (Å²) in [7, 11) is 0. The number of halogens is 1. The van der Waals surface area contributed by atoms with Crippen molar-refractivity contribution < 1.29 is 19.4 Å². The van der Waals surface area contributed by atoms with E-state index in [1.54, 1.807) is 39.0 Å². The Kier molecular flexibility index (Phi) is 5.72. The first-order valence-electron chi connectivity index (χ1n) is 7.87. The third kappa shape index (κ3) is 4.61. The van der Waals surface area contributed by atoms with Crippen molar-refractivity contribution >= 4 is 29.7 Å². The summed E-state index contributed by atoms with van der Waals surface area (Å²) in [5.41, 5.74) is 0.489. The Morgan fingerprint density at radius 3 is 2.79 bits per heavy atom. The fraction of sp³-hybridized carbons (Fsp3) is 0.529. The highest BCUT2D eigenvalue weighted by molar-refractivity contribution is 6.33. The molecule has 0 radical (unpaired) electrons. The molecule has 0 bridgehead atoms. The molecule has 1 heterocycles. The summed E-state index contributed by atoms with van der Waals surface area (Å²) in [5, 5.41) is 13.3. The van der Waals surface area contributed by atoms with Crippen molar-refractivity contribution in [2.24, 2.45) is 0 Å². The van der Waals surface area contributed by atoms with Crippen LogP contribution in [0.5, 0.6) is 0 Å². The second-order valence-electron chi connectivity index (χ2n) is 6.85. The van der Waals surface area contributed by atoms with Crippen molar-refractivity contribution in [2.45, 2.75) is 44.9 Å². The van der Waals surface area contributed by atoms with Crippen LogP contribution in [0.4, 0.5) is 10.5 Å². The number of anilines is 1. The lowest BCUT2D eigenvalue weighted by Crippen LogP contribution is -2.56. The average molecular weight is 355 g/mol. The Morgan fingerprint density at radius 2 is 2.17 bits per heavy atom. The topological polar surface area (TPSA) is 78.9 Å². The number of rotatable bonds is 3. The van der Waals surface area contributed by atoms with E-state index in [9.17, 15) is 14.7 Å². The number of alkyl carbamates (subject to hydrolysis) is 1.